The maximum Gasteiger partial charge on any atom is 0.274 e. The molecule has 23 heavy (non-hydrogen) atoms. The number of ether oxygens (including phenoxy) is 2. The molecule has 2 fully saturated rings. The third-order valence-corrected chi connectivity index (χ3v) is 5.98. The minimum Gasteiger partial charge on any atom is -0.473 e. The number of methoxy groups -OCH3 is 1. The zero-order valence-corrected chi connectivity index (χ0v) is 13.9. The van der Waals surface area contributed by atoms with E-state index in [0.717, 1.165) is 28.7 Å². The van der Waals surface area contributed by atoms with Crippen molar-refractivity contribution in [3.63, 3.8) is 0 Å². The number of rotatable bonds is 4. The molecule has 2 aromatic rings. The summed E-state index contributed by atoms with van der Waals surface area (Å²) in [6.07, 6.45) is 4.00. The van der Waals surface area contributed by atoms with Crippen molar-refractivity contribution in [1.29, 1.82) is 0 Å². The zero-order chi connectivity index (χ0) is 15.9. The molecule has 5 nitrogen and oxygen atoms in total. The van der Waals surface area contributed by atoms with Gasteiger partial charge in [-0.15, -0.1) is 0 Å². The number of anilines is 1. The molecule has 6 heteroatoms. The lowest BCUT2D eigenvalue weighted by Crippen LogP contribution is -2.42. The van der Waals surface area contributed by atoms with Gasteiger partial charge in [-0.05, 0) is 49.8 Å². The Bertz CT molecular complexity index is 733. The molecule has 1 N–H and O–H groups in total. The van der Waals surface area contributed by atoms with E-state index in [1.54, 1.807) is 7.11 Å². The summed E-state index contributed by atoms with van der Waals surface area (Å²) in [6, 6.07) is 5.82. The zero-order valence-electron chi connectivity index (χ0n) is 13.1. The molecule has 4 rings (SSSR count). The molecule has 0 unspecified atom stereocenters. The highest BCUT2D eigenvalue weighted by atomic mass is 32.1. The Kier molecular flexibility index (Phi) is 3.73. The SMILES string of the molecule is COc1nc2ccc(NC(=O)C3(C4CC4)CCOCC3)cc2s1. The summed E-state index contributed by atoms with van der Waals surface area (Å²) in [5, 5.41) is 3.78. The van der Waals surface area contributed by atoms with Crippen LogP contribution in [-0.2, 0) is 9.53 Å². The number of carbonyl (C=O) groups excluding carboxylic acids is 1. The Balaban J connectivity index is 1.57. The topological polar surface area (TPSA) is 60.5 Å². The van der Waals surface area contributed by atoms with E-state index in [1.807, 2.05) is 18.2 Å². The first-order valence-electron chi connectivity index (χ1n) is 8.05. The molecule has 1 saturated heterocycles. The first-order chi connectivity index (χ1) is 11.2. The molecule has 1 aromatic carbocycles. The maximum absolute atomic E-state index is 13.0. The fourth-order valence-corrected chi connectivity index (χ4v) is 4.34. The van der Waals surface area contributed by atoms with Crippen molar-refractivity contribution in [3.05, 3.63) is 18.2 Å². The van der Waals surface area contributed by atoms with Crippen molar-refractivity contribution in [2.24, 2.45) is 11.3 Å². The van der Waals surface area contributed by atoms with E-state index >= 15 is 0 Å². The molecule has 0 radical (unpaired) electrons. The fraction of sp³-hybridized carbons (Fsp3) is 0.529. The molecule has 2 aliphatic rings. The van der Waals surface area contributed by atoms with Gasteiger partial charge in [0.15, 0.2) is 0 Å². The normalized spacial score (nSPS) is 20.4. The highest BCUT2D eigenvalue weighted by Gasteiger charge is 2.51. The molecule has 1 aliphatic carbocycles. The first kappa shape index (κ1) is 14.9. The second kappa shape index (κ2) is 5.76. The van der Waals surface area contributed by atoms with Gasteiger partial charge in [0.05, 0.1) is 22.7 Å². The molecule has 1 aromatic heterocycles. The number of carbonyl (C=O) groups is 1. The number of nitrogens with one attached hydrogen (secondary N) is 1. The van der Waals surface area contributed by atoms with Gasteiger partial charge in [0.25, 0.3) is 5.19 Å². The van der Waals surface area contributed by atoms with Crippen LogP contribution in [0.25, 0.3) is 10.2 Å². The smallest absolute Gasteiger partial charge is 0.274 e. The van der Waals surface area contributed by atoms with Crippen LogP contribution in [0.5, 0.6) is 5.19 Å². The van der Waals surface area contributed by atoms with Crippen LogP contribution in [0.2, 0.25) is 0 Å². The van der Waals surface area contributed by atoms with Crippen LogP contribution >= 0.6 is 11.3 Å². The average Bonchev–Trinajstić information content (AvgIpc) is 3.35. The minimum absolute atomic E-state index is 0.152. The third-order valence-electron chi connectivity index (χ3n) is 5.00. The second-order valence-electron chi connectivity index (χ2n) is 6.36. The van der Waals surface area contributed by atoms with Crippen LogP contribution in [0.4, 0.5) is 5.69 Å². The summed E-state index contributed by atoms with van der Waals surface area (Å²) in [5.41, 5.74) is 1.49. The number of amides is 1. The number of thiazole rings is 1. The van der Waals surface area contributed by atoms with Crippen molar-refractivity contribution in [1.82, 2.24) is 4.98 Å². The number of benzene rings is 1. The number of fused-ring (bicyclic) bond motifs is 1. The first-order valence-corrected chi connectivity index (χ1v) is 8.87. The van der Waals surface area contributed by atoms with E-state index in [9.17, 15) is 4.79 Å². The highest BCUT2D eigenvalue weighted by molar-refractivity contribution is 7.20. The van der Waals surface area contributed by atoms with Gasteiger partial charge in [-0.1, -0.05) is 11.3 Å². The van der Waals surface area contributed by atoms with E-state index < -0.39 is 0 Å². The van der Waals surface area contributed by atoms with E-state index in [1.165, 1.54) is 24.2 Å². The second-order valence-corrected chi connectivity index (χ2v) is 7.36. The van der Waals surface area contributed by atoms with Gasteiger partial charge in [0, 0.05) is 18.9 Å². The van der Waals surface area contributed by atoms with E-state index in [0.29, 0.717) is 24.3 Å². The molecule has 0 bridgehead atoms. The monoisotopic (exact) mass is 332 g/mol. The number of hydrogen-bond donors (Lipinski definition) is 1. The summed E-state index contributed by atoms with van der Waals surface area (Å²) in [5.74, 6) is 0.678. The molecule has 2 heterocycles. The molecule has 0 atom stereocenters. The van der Waals surface area contributed by atoms with Crippen LogP contribution in [0.3, 0.4) is 0 Å². The van der Waals surface area contributed by atoms with Crippen molar-refractivity contribution in [2.45, 2.75) is 25.7 Å². The van der Waals surface area contributed by atoms with Crippen molar-refractivity contribution in [3.8, 4) is 5.19 Å². The third kappa shape index (κ3) is 2.70. The quantitative estimate of drug-likeness (QED) is 0.931. The number of nitrogens with zero attached hydrogens (tertiary/aromatic N) is 1. The van der Waals surface area contributed by atoms with Gasteiger partial charge in [-0.25, -0.2) is 4.98 Å². The fourth-order valence-electron chi connectivity index (χ4n) is 3.52. The standard InChI is InChI=1S/C17H20N2O3S/c1-21-16-19-13-5-4-12(10-14(13)23-16)18-15(20)17(11-2-3-11)6-8-22-9-7-17/h4-5,10-11H,2-3,6-9H2,1H3,(H,18,20). The lowest BCUT2D eigenvalue weighted by Gasteiger charge is -2.36. The van der Waals surface area contributed by atoms with Crippen molar-refractivity contribution >= 4 is 33.1 Å². The van der Waals surface area contributed by atoms with Gasteiger partial charge < -0.3 is 14.8 Å². The summed E-state index contributed by atoms with van der Waals surface area (Å²) >= 11 is 1.49. The Morgan fingerprint density at radius 3 is 2.87 bits per heavy atom. The Hall–Kier alpha value is -1.66. The molecule has 1 aliphatic heterocycles. The number of aromatic nitrogens is 1. The Morgan fingerprint density at radius 1 is 1.39 bits per heavy atom. The minimum atomic E-state index is -0.238. The maximum atomic E-state index is 13.0. The Morgan fingerprint density at radius 2 is 2.17 bits per heavy atom. The van der Waals surface area contributed by atoms with Crippen LogP contribution < -0.4 is 10.1 Å². The lowest BCUT2D eigenvalue weighted by molar-refractivity contribution is -0.132. The van der Waals surface area contributed by atoms with Crippen LogP contribution in [0.15, 0.2) is 18.2 Å². The molecular weight excluding hydrogens is 312 g/mol. The summed E-state index contributed by atoms with van der Waals surface area (Å²) < 4.78 is 11.7. The molecule has 1 saturated carbocycles. The van der Waals surface area contributed by atoms with Crippen LogP contribution in [0.1, 0.15) is 25.7 Å². The summed E-state index contributed by atoms with van der Waals surface area (Å²) in [6.45, 7) is 1.38. The summed E-state index contributed by atoms with van der Waals surface area (Å²) in [4.78, 5) is 17.3. The van der Waals surface area contributed by atoms with Gasteiger partial charge in [-0.2, -0.15) is 0 Å². The van der Waals surface area contributed by atoms with E-state index in [2.05, 4.69) is 10.3 Å². The summed E-state index contributed by atoms with van der Waals surface area (Å²) in [7, 11) is 1.62. The Labute approximate surface area is 139 Å². The predicted molar refractivity (Wildman–Crippen MR) is 90.0 cm³/mol. The lowest BCUT2D eigenvalue weighted by atomic mass is 9.74. The van der Waals surface area contributed by atoms with Gasteiger partial charge in [0.1, 0.15) is 0 Å². The van der Waals surface area contributed by atoms with E-state index in [4.69, 9.17) is 9.47 Å². The van der Waals surface area contributed by atoms with Gasteiger partial charge in [0.2, 0.25) is 5.91 Å². The molecule has 1 amide bonds. The van der Waals surface area contributed by atoms with Gasteiger partial charge >= 0.3 is 0 Å². The largest absolute Gasteiger partial charge is 0.473 e. The van der Waals surface area contributed by atoms with Crippen LogP contribution in [0, 0.1) is 11.3 Å². The highest BCUT2D eigenvalue weighted by Crippen LogP contribution is 2.52. The molecule has 0 spiro atoms. The van der Waals surface area contributed by atoms with Gasteiger partial charge in [-0.3, -0.25) is 4.79 Å². The predicted octanol–water partition coefficient (Wildman–Crippen LogP) is 3.45. The molecular formula is C17H20N2O3S. The van der Waals surface area contributed by atoms with Crippen LogP contribution in [-0.4, -0.2) is 31.2 Å². The van der Waals surface area contributed by atoms with Crippen molar-refractivity contribution in [2.75, 3.05) is 25.6 Å². The molecule has 122 valence electrons. The van der Waals surface area contributed by atoms with E-state index in [-0.39, 0.29) is 11.3 Å². The average molecular weight is 332 g/mol. The van der Waals surface area contributed by atoms with Crippen molar-refractivity contribution < 1.29 is 14.3 Å². The number of hydrogen-bond acceptors (Lipinski definition) is 5.